The first-order valence-electron chi connectivity index (χ1n) is 8.93. The molecule has 148 valence electrons. The lowest BCUT2D eigenvalue weighted by molar-refractivity contribution is -0.113. The van der Waals surface area contributed by atoms with Crippen LogP contribution in [0, 0.1) is 13.8 Å². The Balaban J connectivity index is 1.41. The molecule has 1 aromatic carbocycles. The van der Waals surface area contributed by atoms with Crippen LogP contribution in [0.3, 0.4) is 0 Å². The molecule has 4 rings (SSSR count). The quantitative estimate of drug-likeness (QED) is 0.468. The zero-order chi connectivity index (χ0) is 20.2. The molecule has 0 aliphatic carbocycles. The van der Waals surface area contributed by atoms with E-state index in [1.807, 2.05) is 44.2 Å². The third-order valence-electron chi connectivity index (χ3n) is 4.24. The van der Waals surface area contributed by atoms with Crippen molar-refractivity contribution in [2.75, 3.05) is 11.1 Å². The number of aromatic nitrogens is 6. The third-order valence-corrected chi connectivity index (χ3v) is 5.16. The summed E-state index contributed by atoms with van der Waals surface area (Å²) in [5, 5.41) is 19.5. The molecule has 0 saturated heterocycles. The molecule has 9 nitrogen and oxygen atoms in total. The maximum atomic E-state index is 12.5. The SMILES string of the molecule is Cc1ccc(C)c(-n2nnnc2SCC(=O)Nc2ccnn2Cc2ccco2)c1. The van der Waals surface area contributed by atoms with E-state index in [1.165, 1.54) is 11.8 Å². The normalized spacial score (nSPS) is 11.0. The molecule has 0 aliphatic rings. The summed E-state index contributed by atoms with van der Waals surface area (Å²) in [6, 6.07) is 11.5. The lowest BCUT2D eigenvalue weighted by atomic mass is 10.1. The number of hydrogen-bond acceptors (Lipinski definition) is 7. The van der Waals surface area contributed by atoms with Crippen molar-refractivity contribution in [1.29, 1.82) is 0 Å². The highest BCUT2D eigenvalue weighted by Gasteiger charge is 2.15. The molecular weight excluding hydrogens is 390 g/mol. The summed E-state index contributed by atoms with van der Waals surface area (Å²) in [4.78, 5) is 12.5. The van der Waals surface area contributed by atoms with Gasteiger partial charge in [0.25, 0.3) is 0 Å². The number of rotatable bonds is 7. The molecule has 0 saturated carbocycles. The van der Waals surface area contributed by atoms with Crippen molar-refractivity contribution in [1.82, 2.24) is 30.0 Å². The van der Waals surface area contributed by atoms with Crippen molar-refractivity contribution < 1.29 is 9.21 Å². The van der Waals surface area contributed by atoms with Gasteiger partial charge >= 0.3 is 0 Å². The number of benzene rings is 1. The highest BCUT2D eigenvalue weighted by atomic mass is 32.2. The minimum atomic E-state index is -0.174. The number of hydrogen-bond donors (Lipinski definition) is 1. The van der Waals surface area contributed by atoms with Gasteiger partial charge in [-0.3, -0.25) is 4.79 Å². The molecule has 1 N–H and O–H groups in total. The summed E-state index contributed by atoms with van der Waals surface area (Å²) in [6.07, 6.45) is 3.24. The van der Waals surface area contributed by atoms with E-state index >= 15 is 0 Å². The number of aryl methyl sites for hydroxylation is 2. The monoisotopic (exact) mass is 409 g/mol. The molecule has 0 aliphatic heterocycles. The number of amides is 1. The number of thioether (sulfide) groups is 1. The van der Waals surface area contributed by atoms with Gasteiger partial charge < -0.3 is 9.73 Å². The minimum Gasteiger partial charge on any atom is -0.467 e. The standard InChI is InChI=1S/C19H19N7O2S/c1-13-5-6-14(2)16(10-13)26-19(22-23-24-26)29-12-18(27)21-17-7-8-20-25(17)11-15-4-3-9-28-15/h3-10H,11-12H2,1-2H3,(H,21,27). The van der Waals surface area contributed by atoms with Gasteiger partial charge in [0.1, 0.15) is 18.1 Å². The predicted octanol–water partition coefficient (Wildman–Crippen LogP) is 2.85. The molecule has 3 heterocycles. The number of carbonyl (C=O) groups is 1. The van der Waals surface area contributed by atoms with Crippen LogP contribution in [0.15, 0.2) is 58.4 Å². The lowest BCUT2D eigenvalue weighted by Crippen LogP contribution is -2.18. The fourth-order valence-electron chi connectivity index (χ4n) is 2.79. The molecule has 4 aromatic rings. The van der Waals surface area contributed by atoms with Crippen LogP contribution in [0.2, 0.25) is 0 Å². The maximum absolute atomic E-state index is 12.5. The fourth-order valence-corrected chi connectivity index (χ4v) is 3.48. The van der Waals surface area contributed by atoms with Gasteiger partial charge in [0, 0.05) is 6.07 Å². The first-order chi connectivity index (χ1) is 14.1. The van der Waals surface area contributed by atoms with E-state index in [1.54, 1.807) is 27.9 Å². The van der Waals surface area contributed by atoms with Gasteiger partial charge in [-0.05, 0) is 53.6 Å². The van der Waals surface area contributed by atoms with Crippen molar-refractivity contribution >= 4 is 23.5 Å². The topological polar surface area (TPSA) is 104 Å². The number of anilines is 1. The van der Waals surface area contributed by atoms with E-state index in [2.05, 4.69) is 25.9 Å². The van der Waals surface area contributed by atoms with E-state index in [-0.39, 0.29) is 11.7 Å². The predicted molar refractivity (Wildman–Crippen MR) is 108 cm³/mol. The summed E-state index contributed by atoms with van der Waals surface area (Å²) in [5.41, 5.74) is 3.06. The third kappa shape index (κ3) is 4.37. The van der Waals surface area contributed by atoms with E-state index in [0.29, 0.717) is 17.5 Å². The molecule has 0 bridgehead atoms. The zero-order valence-electron chi connectivity index (χ0n) is 15.9. The summed E-state index contributed by atoms with van der Waals surface area (Å²) in [5.74, 6) is 1.34. The van der Waals surface area contributed by atoms with Gasteiger partial charge in [-0.25, -0.2) is 4.68 Å². The van der Waals surface area contributed by atoms with Crippen LogP contribution in [-0.4, -0.2) is 41.6 Å². The molecule has 1 amide bonds. The number of tetrazole rings is 1. The van der Waals surface area contributed by atoms with Crippen LogP contribution in [0.5, 0.6) is 0 Å². The Bertz CT molecular complexity index is 1120. The molecule has 29 heavy (non-hydrogen) atoms. The summed E-state index contributed by atoms with van der Waals surface area (Å²) >= 11 is 1.27. The Kier molecular flexibility index (Phi) is 5.43. The van der Waals surface area contributed by atoms with Crippen molar-refractivity contribution in [3.05, 3.63) is 65.7 Å². The molecule has 0 atom stereocenters. The van der Waals surface area contributed by atoms with Crippen molar-refractivity contribution in [2.45, 2.75) is 25.5 Å². The molecule has 0 unspecified atom stereocenters. The molecular formula is C19H19N7O2S. The van der Waals surface area contributed by atoms with Gasteiger partial charge in [-0.15, -0.1) is 5.10 Å². The van der Waals surface area contributed by atoms with Crippen molar-refractivity contribution in [2.24, 2.45) is 0 Å². The number of carbonyl (C=O) groups excluding carboxylic acids is 1. The van der Waals surface area contributed by atoms with E-state index < -0.39 is 0 Å². The van der Waals surface area contributed by atoms with Gasteiger partial charge in [0.05, 0.1) is 23.9 Å². The average Bonchev–Trinajstić information content (AvgIpc) is 3.45. The van der Waals surface area contributed by atoms with E-state index in [9.17, 15) is 4.79 Å². The first kappa shape index (κ1) is 18.9. The van der Waals surface area contributed by atoms with Crippen LogP contribution < -0.4 is 5.32 Å². The smallest absolute Gasteiger partial charge is 0.235 e. The largest absolute Gasteiger partial charge is 0.467 e. The highest BCUT2D eigenvalue weighted by molar-refractivity contribution is 7.99. The Morgan fingerprint density at radius 3 is 2.97 bits per heavy atom. The molecule has 0 radical (unpaired) electrons. The lowest BCUT2D eigenvalue weighted by Gasteiger charge is -2.09. The molecule has 0 fully saturated rings. The average molecular weight is 409 g/mol. The summed E-state index contributed by atoms with van der Waals surface area (Å²) in [7, 11) is 0. The summed E-state index contributed by atoms with van der Waals surface area (Å²) in [6.45, 7) is 4.45. The summed E-state index contributed by atoms with van der Waals surface area (Å²) < 4.78 is 8.66. The highest BCUT2D eigenvalue weighted by Crippen LogP contribution is 2.22. The maximum Gasteiger partial charge on any atom is 0.235 e. The van der Waals surface area contributed by atoms with Crippen LogP contribution in [-0.2, 0) is 11.3 Å². The minimum absolute atomic E-state index is 0.164. The number of nitrogens with zero attached hydrogens (tertiary/aromatic N) is 6. The Labute approximate surface area is 171 Å². The van der Waals surface area contributed by atoms with Crippen molar-refractivity contribution in [3.8, 4) is 5.69 Å². The second-order valence-electron chi connectivity index (χ2n) is 6.45. The second kappa shape index (κ2) is 8.31. The Morgan fingerprint density at radius 2 is 2.14 bits per heavy atom. The molecule has 3 aromatic heterocycles. The molecule has 0 spiro atoms. The van der Waals surface area contributed by atoms with Crippen LogP contribution in [0.4, 0.5) is 5.82 Å². The van der Waals surface area contributed by atoms with Crippen molar-refractivity contribution in [3.63, 3.8) is 0 Å². The fraction of sp³-hybridized carbons (Fsp3) is 0.211. The number of nitrogens with one attached hydrogen (secondary N) is 1. The zero-order valence-corrected chi connectivity index (χ0v) is 16.8. The first-order valence-corrected chi connectivity index (χ1v) is 9.91. The van der Waals surface area contributed by atoms with Crippen LogP contribution >= 0.6 is 11.8 Å². The number of furan rings is 1. The second-order valence-corrected chi connectivity index (χ2v) is 7.40. The van der Waals surface area contributed by atoms with Gasteiger partial charge in [-0.2, -0.15) is 9.78 Å². The van der Waals surface area contributed by atoms with E-state index in [0.717, 1.165) is 22.6 Å². The van der Waals surface area contributed by atoms with Gasteiger partial charge in [-0.1, -0.05) is 23.9 Å². The van der Waals surface area contributed by atoms with Crippen LogP contribution in [0.25, 0.3) is 5.69 Å². The van der Waals surface area contributed by atoms with Gasteiger partial charge in [0.15, 0.2) is 0 Å². The Morgan fingerprint density at radius 1 is 1.24 bits per heavy atom. The van der Waals surface area contributed by atoms with Crippen LogP contribution in [0.1, 0.15) is 16.9 Å². The molecule has 10 heteroatoms. The van der Waals surface area contributed by atoms with E-state index in [4.69, 9.17) is 4.42 Å². The van der Waals surface area contributed by atoms with Gasteiger partial charge in [0.2, 0.25) is 11.1 Å². The Hall–Kier alpha value is -3.40.